The maximum atomic E-state index is 13.1. The predicted octanol–water partition coefficient (Wildman–Crippen LogP) is 2.68. The van der Waals surface area contributed by atoms with Crippen molar-refractivity contribution in [2.75, 3.05) is 7.05 Å². The third-order valence-corrected chi connectivity index (χ3v) is 3.31. The van der Waals surface area contributed by atoms with Gasteiger partial charge in [-0.2, -0.15) is 5.26 Å². The van der Waals surface area contributed by atoms with Crippen LogP contribution in [0, 0.1) is 17.1 Å². The molecule has 16 heavy (non-hydrogen) atoms. The number of nitriles is 1. The van der Waals surface area contributed by atoms with E-state index >= 15 is 0 Å². The lowest BCUT2D eigenvalue weighted by atomic mass is 9.91. The van der Waals surface area contributed by atoms with E-state index in [1.807, 2.05) is 7.05 Å². The van der Waals surface area contributed by atoms with Gasteiger partial charge in [0.2, 0.25) is 0 Å². The van der Waals surface area contributed by atoms with Gasteiger partial charge in [0, 0.05) is 12.6 Å². The van der Waals surface area contributed by atoms with Gasteiger partial charge in [0.15, 0.2) is 0 Å². The van der Waals surface area contributed by atoms with Gasteiger partial charge in [-0.05, 0) is 43.7 Å². The fraction of sp³-hybridized carbons (Fsp3) is 0.462. The fourth-order valence-corrected chi connectivity index (χ4v) is 2.03. The molecule has 3 heteroatoms. The lowest BCUT2D eigenvalue weighted by Crippen LogP contribution is -2.36. The average molecular weight is 218 g/mol. The number of hydrogen-bond acceptors (Lipinski definition) is 2. The molecule has 1 aromatic rings. The van der Waals surface area contributed by atoms with Crippen molar-refractivity contribution in [1.29, 1.82) is 5.26 Å². The van der Waals surface area contributed by atoms with Crippen molar-refractivity contribution in [1.82, 2.24) is 4.90 Å². The molecular formula is C13H15FN2. The summed E-state index contributed by atoms with van der Waals surface area (Å²) in [5.74, 6) is -0.268. The standard InChI is InChI=1S/C13H15FN2/c1-16(13-3-2-4-13)9-11-7-12(14)6-5-10(11)8-15/h5-7,13H,2-4,9H2,1H3. The molecule has 0 bridgehead atoms. The zero-order valence-electron chi connectivity index (χ0n) is 9.41. The van der Waals surface area contributed by atoms with Gasteiger partial charge >= 0.3 is 0 Å². The van der Waals surface area contributed by atoms with Crippen molar-refractivity contribution in [2.24, 2.45) is 0 Å². The van der Waals surface area contributed by atoms with Crippen LogP contribution in [0.2, 0.25) is 0 Å². The second-order valence-electron chi connectivity index (χ2n) is 4.41. The van der Waals surface area contributed by atoms with Crippen molar-refractivity contribution in [3.63, 3.8) is 0 Å². The summed E-state index contributed by atoms with van der Waals surface area (Å²) in [6.07, 6.45) is 3.71. The Morgan fingerprint density at radius 3 is 2.81 bits per heavy atom. The molecule has 1 aliphatic rings. The first-order chi connectivity index (χ1) is 7.70. The van der Waals surface area contributed by atoms with Crippen LogP contribution in [0.25, 0.3) is 0 Å². The van der Waals surface area contributed by atoms with E-state index in [0.29, 0.717) is 18.2 Å². The van der Waals surface area contributed by atoms with Gasteiger partial charge < -0.3 is 0 Å². The van der Waals surface area contributed by atoms with Crippen molar-refractivity contribution >= 4 is 0 Å². The second kappa shape index (κ2) is 4.63. The number of benzene rings is 1. The van der Waals surface area contributed by atoms with E-state index in [1.54, 1.807) is 6.07 Å². The minimum absolute atomic E-state index is 0.268. The van der Waals surface area contributed by atoms with Crippen LogP contribution in [-0.4, -0.2) is 18.0 Å². The van der Waals surface area contributed by atoms with E-state index in [-0.39, 0.29) is 5.82 Å². The van der Waals surface area contributed by atoms with Gasteiger partial charge in [0.1, 0.15) is 5.82 Å². The van der Waals surface area contributed by atoms with Crippen LogP contribution < -0.4 is 0 Å². The highest BCUT2D eigenvalue weighted by atomic mass is 19.1. The highest BCUT2D eigenvalue weighted by Crippen LogP contribution is 2.25. The number of nitrogens with zero attached hydrogens (tertiary/aromatic N) is 2. The quantitative estimate of drug-likeness (QED) is 0.780. The van der Waals surface area contributed by atoms with Crippen molar-refractivity contribution in [2.45, 2.75) is 31.8 Å². The second-order valence-corrected chi connectivity index (χ2v) is 4.41. The van der Waals surface area contributed by atoms with Gasteiger partial charge in [-0.25, -0.2) is 4.39 Å². The van der Waals surface area contributed by atoms with E-state index in [9.17, 15) is 4.39 Å². The van der Waals surface area contributed by atoms with Crippen molar-refractivity contribution in [3.8, 4) is 6.07 Å². The molecule has 2 nitrogen and oxygen atoms in total. The van der Waals surface area contributed by atoms with Gasteiger partial charge in [0.25, 0.3) is 0 Å². The molecule has 1 saturated carbocycles. The first-order valence-electron chi connectivity index (χ1n) is 5.59. The summed E-state index contributed by atoms with van der Waals surface area (Å²) >= 11 is 0. The molecule has 2 rings (SSSR count). The van der Waals surface area contributed by atoms with E-state index in [4.69, 9.17) is 5.26 Å². The van der Waals surface area contributed by atoms with Crippen LogP contribution in [0.1, 0.15) is 30.4 Å². The topological polar surface area (TPSA) is 27.0 Å². The first kappa shape index (κ1) is 11.1. The summed E-state index contributed by atoms with van der Waals surface area (Å²) in [6, 6.07) is 7.08. The summed E-state index contributed by atoms with van der Waals surface area (Å²) in [4.78, 5) is 2.21. The summed E-state index contributed by atoms with van der Waals surface area (Å²) in [5, 5.41) is 8.94. The molecule has 1 fully saturated rings. The van der Waals surface area contributed by atoms with E-state index < -0.39 is 0 Å². The molecule has 0 heterocycles. The summed E-state index contributed by atoms with van der Waals surface area (Å²) in [5.41, 5.74) is 1.37. The lowest BCUT2D eigenvalue weighted by Gasteiger charge is -2.34. The maximum absolute atomic E-state index is 13.1. The minimum atomic E-state index is -0.268. The molecule has 0 N–H and O–H groups in total. The largest absolute Gasteiger partial charge is 0.299 e. The molecule has 0 spiro atoms. The lowest BCUT2D eigenvalue weighted by molar-refractivity contribution is 0.152. The highest BCUT2D eigenvalue weighted by Gasteiger charge is 2.22. The van der Waals surface area contributed by atoms with Gasteiger partial charge in [-0.15, -0.1) is 0 Å². The maximum Gasteiger partial charge on any atom is 0.123 e. The van der Waals surface area contributed by atoms with Gasteiger partial charge in [-0.3, -0.25) is 4.90 Å². The summed E-state index contributed by atoms with van der Waals surface area (Å²) < 4.78 is 13.1. The zero-order chi connectivity index (χ0) is 11.5. The number of hydrogen-bond donors (Lipinski definition) is 0. The first-order valence-corrected chi connectivity index (χ1v) is 5.59. The zero-order valence-corrected chi connectivity index (χ0v) is 9.41. The summed E-state index contributed by atoms with van der Waals surface area (Å²) in [7, 11) is 2.04. The molecule has 1 aromatic carbocycles. The van der Waals surface area contributed by atoms with Crippen LogP contribution in [0.3, 0.4) is 0 Å². The number of halogens is 1. The molecule has 0 unspecified atom stereocenters. The Kier molecular flexibility index (Phi) is 3.21. The smallest absolute Gasteiger partial charge is 0.123 e. The Bertz CT molecular complexity index is 418. The third kappa shape index (κ3) is 2.23. The molecule has 84 valence electrons. The van der Waals surface area contributed by atoms with Gasteiger partial charge in [0.05, 0.1) is 11.6 Å². The molecule has 0 aliphatic heterocycles. The number of rotatable bonds is 3. The Hall–Kier alpha value is -1.40. The fourth-order valence-electron chi connectivity index (χ4n) is 2.03. The SMILES string of the molecule is CN(Cc1cc(F)ccc1C#N)C1CCC1. The molecule has 0 radical (unpaired) electrons. The predicted molar refractivity (Wildman–Crippen MR) is 60.2 cm³/mol. The van der Waals surface area contributed by atoms with Crippen LogP contribution in [0.15, 0.2) is 18.2 Å². The van der Waals surface area contributed by atoms with E-state index in [1.165, 1.54) is 31.4 Å². The molecule has 0 saturated heterocycles. The van der Waals surface area contributed by atoms with Crippen LogP contribution in [-0.2, 0) is 6.54 Å². The molecular weight excluding hydrogens is 203 g/mol. The van der Waals surface area contributed by atoms with E-state index in [0.717, 1.165) is 5.56 Å². The molecule has 1 aliphatic carbocycles. The average Bonchev–Trinajstić information content (AvgIpc) is 2.15. The monoisotopic (exact) mass is 218 g/mol. The van der Waals surface area contributed by atoms with Crippen LogP contribution >= 0.6 is 0 Å². The van der Waals surface area contributed by atoms with E-state index in [2.05, 4.69) is 11.0 Å². The van der Waals surface area contributed by atoms with Crippen molar-refractivity contribution in [3.05, 3.63) is 35.1 Å². The molecule has 0 amide bonds. The van der Waals surface area contributed by atoms with Crippen molar-refractivity contribution < 1.29 is 4.39 Å². The van der Waals surface area contributed by atoms with Gasteiger partial charge in [-0.1, -0.05) is 6.42 Å². The van der Waals surface area contributed by atoms with Crippen LogP contribution in [0.4, 0.5) is 4.39 Å². The Morgan fingerprint density at radius 1 is 1.50 bits per heavy atom. The molecule has 0 atom stereocenters. The minimum Gasteiger partial charge on any atom is -0.299 e. The normalized spacial score (nSPS) is 15.9. The molecule has 0 aromatic heterocycles. The highest BCUT2D eigenvalue weighted by molar-refractivity contribution is 5.37. The Morgan fingerprint density at radius 2 is 2.25 bits per heavy atom. The third-order valence-electron chi connectivity index (χ3n) is 3.31. The van der Waals surface area contributed by atoms with Crippen LogP contribution in [0.5, 0.6) is 0 Å². The Balaban J connectivity index is 2.13. The Labute approximate surface area is 95.3 Å². The summed E-state index contributed by atoms with van der Waals surface area (Å²) in [6.45, 7) is 0.658.